The van der Waals surface area contributed by atoms with Crippen molar-refractivity contribution in [2.45, 2.75) is 62.5 Å². The zero-order chi connectivity index (χ0) is 15.2. The Balaban J connectivity index is 1.42. The molecule has 2 atom stereocenters. The standard InChI is InChI=1S/C18H24N2O2/c21-17(19-11-18(22)8-3-9-18)20-15-10-13-6-1-4-12-5-2-7-14(15)16(12)13/h2,5,7,13,15,22H,1,3-4,6,8-11H2,(H2,19,20,21). The first-order chi connectivity index (χ1) is 10.6. The Morgan fingerprint density at radius 1 is 1.32 bits per heavy atom. The normalized spacial score (nSPS) is 27.7. The van der Waals surface area contributed by atoms with E-state index in [-0.39, 0.29) is 12.1 Å². The van der Waals surface area contributed by atoms with E-state index < -0.39 is 5.60 Å². The van der Waals surface area contributed by atoms with Crippen LogP contribution >= 0.6 is 0 Å². The van der Waals surface area contributed by atoms with Crippen LogP contribution in [0.3, 0.4) is 0 Å². The number of amides is 2. The molecule has 4 nitrogen and oxygen atoms in total. The molecule has 4 rings (SSSR count). The molecule has 3 aliphatic carbocycles. The fourth-order valence-corrected chi connectivity index (χ4v) is 4.34. The van der Waals surface area contributed by atoms with Crippen LogP contribution in [0.4, 0.5) is 4.79 Å². The molecule has 0 aliphatic heterocycles. The summed E-state index contributed by atoms with van der Waals surface area (Å²) < 4.78 is 0. The summed E-state index contributed by atoms with van der Waals surface area (Å²) in [6.45, 7) is 0.363. The molecule has 0 spiro atoms. The smallest absolute Gasteiger partial charge is 0.315 e. The third kappa shape index (κ3) is 2.39. The molecule has 0 bridgehead atoms. The highest BCUT2D eigenvalue weighted by Gasteiger charge is 2.37. The Labute approximate surface area is 131 Å². The number of hydrogen-bond acceptors (Lipinski definition) is 2. The van der Waals surface area contributed by atoms with Crippen LogP contribution in [0.1, 0.15) is 67.2 Å². The van der Waals surface area contributed by atoms with Crippen LogP contribution in [0.15, 0.2) is 18.2 Å². The average molecular weight is 300 g/mol. The van der Waals surface area contributed by atoms with Gasteiger partial charge in [-0.25, -0.2) is 4.79 Å². The molecule has 118 valence electrons. The zero-order valence-electron chi connectivity index (χ0n) is 12.9. The molecule has 4 heteroatoms. The maximum atomic E-state index is 12.2. The highest BCUT2D eigenvalue weighted by Crippen LogP contribution is 2.47. The van der Waals surface area contributed by atoms with Gasteiger partial charge < -0.3 is 15.7 Å². The molecular weight excluding hydrogens is 276 g/mol. The summed E-state index contributed by atoms with van der Waals surface area (Å²) in [6, 6.07) is 6.48. The fourth-order valence-electron chi connectivity index (χ4n) is 4.34. The lowest BCUT2D eigenvalue weighted by atomic mass is 9.80. The van der Waals surface area contributed by atoms with E-state index in [2.05, 4.69) is 28.8 Å². The number of rotatable bonds is 3. The molecule has 0 heterocycles. The number of urea groups is 1. The van der Waals surface area contributed by atoms with E-state index in [4.69, 9.17) is 0 Å². The van der Waals surface area contributed by atoms with E-state index in [1.54, 1.807) is 0 Å². The number of carbonyl (C=O) groups is 1. The van der Waals surface area contributed by atoms with Crippen molar-refractivity contribution in [3.8, 4) is 0 Å². The predicted molar refractivity (Wildman–Crippen MR) is 84.8 cm³/mol. The Kier molecular flexibility index (Phi) is 3.37. The minimum Gasteiger partial charge on any atom is -0.388 e. The predicted octanol–water partition coefficient (Wildman–Crippen LogP) is 2.77. The van der Waals surface area contributed by atoms with Gasteiger partial charge in [0.25, 0.3) is 0 Å². The lowest BCUT2D eigenvalue weighted by molar-refractivity contribution is -0.0290. The third-order valence-electron chi connectivity index (χ3n) is 5.70. The van der Waals surface area contributed by atoms with Gasteiger partial charge in [0, 0.05) is 6.54 Å². The van der Waals surface area contributed by atoms with E-state index in [1.165, 1.54) is 36.0 Å². The Morgan fingerprint density at radius 3 is 2.95 bits per heavy atom. The minimum absolute atomic E-state index is 0.120. The van der Waals surface area contributed by atoms with Gasteiger partial charge in [-0.2, -0.15) is 0 Å². The largest absolute Gasteiger partial charge is 0.388 e. The van der Waals surface area contributed by atoms with Gasteiger partial charge in [0.2, 0.25) is 0 Å². The number of benzene rings is 1. The van der Waals surface area contributed by atoms with Gasteiger partial charge in [0.05, 0.1) is 11.6 Å². The van der Waals surface area contributed by atoms with Crippen molar-refractivity contribution < 1.29 is 9.90 Å². The second-order valence-electron chi connectivity index (χ2n) is 7.20. The Morgan fingerprint density at radius 2 is 2.18 bits per heavy atom. The first kappa shape index (κ1) is 14.1. The topological polar surface area (TPSA) is 61.4 Å². The van der Waals surface area contributed by atoms with Crippen molar-refractivity contribution in [1.29, 1.82) is 0 Å². The number of aryl methyl sites for hydroxylation is 1. The second kappa shape index (κ2) is 5.27. The van der Waals surface area contributed by atoms with E-state index in [1.807, 2.05) is 0 Å². The first-order valence-electron chi connectivity index (χ1n) is 8.53. The molecule has 22 heavy (non-hydrogen) atoms. The van der Waals surface area contributed by atoms with Crippen molar-refractivity contribution in [3.63, 3.8) is 0 Å². The van der Waals surface area contributed by atoms with Crippen molar-refractivity contribution >= 4 is 6.03 Å². The molecule has 0 saturated heterocycles. The van der Waals surface area contributed by atoms with Crippen molar-refractivity contribution in [2.24, 2.45) is 0 Å². The molecule has 0 aromatic heterocycles. The van der Waals surface area contributed by atoms with Crippen molar-refractivity contribution in [3.05, 3.63) is 34.9 Å². The van der Waals surface area contributed by atoms with Gasteiger partial charge in [-0.05, 0) is 67.6 Å². The van der Waals surface area contributed by atoms with E-state index >= 15 is 0 Å². The van der Waals surface area contributed by atoms with E-state index in [9.17, 15) is 9.90 Å². The molecule has 0 radical (unpaired) electrons. The quantitative estimate of drug-likeness (QED) is 0.804. The Hall–Kier alpha value is -1.55. The van der Waals surface area contributed by atoms with Crippen LogP contribution < -0.4 is 10.6 Å². The van der Waals surface area contributed by atoms with E-state index in [0.717, 1.165) is 25.7 Å². The number of aliphatic hydroxyl groups is 1. The summed E-state index contributed by atoms with van der Waals surface area (Å²) in [7, 11) is 0. The van der Waals surface area contributed by atoms with Gasteiger partial charge in [0.15, 0.2) is 0 Å². The van der Waals surface area contributed by atoms with Crippen LogP contribution in [0, 0.1) is 0 Å². The van der Waals surface area contributed by atoms with Crippen LogP contribution in [-0.4, -0.2) is 23.3 Å². The van der Waals surface area contributed by atoms with Crippen LogP contribution in [-0.2, 0) is 6.42 Å². The van der Waals surface area contributed by atoms with Crippen molar-refractivity contribution in [2.75, 3.05) is 6.54 Å². The summed E-state index contributed by atoms with van der Waals surface area (Å²) >= 11 is 0. The number of hydrogen-bond donors (Lipinski definition) is 3. The highest BCUT2D eigenvalue weighted by molar-refractivity contribution is 5.75. The van der Waals surface area contributed by atoms with Gasteiger partial charge in [-0.3, -0.25) is 0 Å². The molecule has 2 unspecified atom stereocenters. The summed E-state index contributed by atoms with van der Waals surface area (Å²) in [4.78, 5) is 12.2. The number of carbonyl (C=O) groups excluding carboxylic acids is 1. The maximum Gasteiger partial charge on any atom is 0.315 e. The summed E-state index contributed by atoms with van der Waals surface area (Å²) in [6.07, 6.45) is 7.34. The average Bonchev–Trinajstić information content (AvgIpc) is 2.84. The molecule has 1 aromatic rings. The molecule has 1 saturated carbocycles. The molecule has 1 aromatic carbocycles. The van der Waals surface area contributed by atoms with Gasteiger partial charge in [0.1, 0.15) is 0 Å². The van der Waals surface area contributed by atoms with Gasteiger partial charge >= 0.3 is 6.03 Å². The lowest BCUT2D eigenvalue weighted by Gasteiger charge is -2.36. The molecule has 2 amide bonds. The zero-order valence-corrected chi connectivity index (χ0v) is 12.9. The third-order valence-corrected chi connectivity index (χ3v) is 5.70. The number of nitrogens with one attached hydrogen (secondary N) is 2. The molecule has 3 N–H and O–H groups in total. The van der Waals surface area contributed by atoms with Crippen LogP contribution in [0.25, 0.3) is 0 Å². The molecule has 1 fully saturated rings. The summed E-state index contributed by atoms with van der Waals surface area (Å²) in [5, 5.41) is 16.0. The summed E-state index contributed by atoms with van der Waals surface area (Å²) in [5.41, 5.74) is 3.61. The van der Waals surface area contributed by atoms with Crippen molar-refractivity contribution in [1.82, 2.24) is 10.6 Å². The second-order valence-corrected chi connectivity index (χ2v) is 7.20. The van der Waals surface area contributed by atoms with Crippen LogP contribution in [0.5, 0.6) is 0 Å². The monoisotopic (exact) mass is 300 g/mol. The molecular formula is C18H24N2O2. The first-order valence-corrected chi connectivity index (χ1v) is 8.53. The summed E-state index contributed by atoms with van der Waals surface area (Å²) in [5.74, 6) is 0.612. The lowest BCUT2D eigenvalue weighted by Crippen LogP contribution is -2.50. The SMILES string of the molecule is O=C(NCC1(O)CCC1)NC1CC2CCCc3cccc1c32. The maximum absolute atomic E-state index is 12.2. The fraction of sp³-hybridized carbons (Fsp3) is 0.611. The van der Waals surface area contributed by atoms with E-state index in [0.29, 0.717) is 12.5 Å². The highest BCUT2D eigenvalue weighted by atomic mass is 16.3. The van der Waals surface area contributed by atoms with Gasteiger partial charge in [-0.15, -0.1) is 0 Å². The van der Waals surface area contributed by atoms with Gasteiger partial charge in [-0.1, -0.05) is 18.2 Å². The minimum atomic E-state index is -0.663. The molecule has 3 aliphatic rings. The van der Waals surface area contributed by atoms with Crippen LogP contribution in [0.2, 0.25) is 0 Å². The Bertz CT molecular complexity index is 595.